The lowest BCUT2D eigenvalue weighted by molar-refractivity contribution is 0.601. The van der Waals surface area contributed by atoms with Gasteiger partial charge in [-0.3, -0.25) is 4.72 Å². The van der Waals surface area contributed by atoms with Crippen LogP contribution in [0.3, 0.4) is 0 Å². The number of hydrogen-bond donors (Lipinski definition) is 2. The SMILES string of the molecule is Cc1cc(Br)cnc1NS(=O)(=O)c1ccc(CN)c(Cl)c1. The van der Waals surface area contributed by atoms with Crippen molar-refractivity contribution in [1.29, 1.82) is 0 Å². The molecule has 1 aromatic heterocycles. The minimum absolute atomic E-state index is 0.0637. The summed E-state index contributed by atoms with van der Waals surface area (Å²) < 4.78 is 27.9. The molecule has 0 radical (unpaired) electrons. The van der Waals surface area contributed by atoms with E-state index < -0.39 is 10.0 Å². The Morgan fingerprint density at radius 1 is 1.38 bits per heavy atom. The summed E-state index contributed by atoms with van der Waals surface area (Å²) >= 11 is 9.27. The molecule has 0 bridgehead atoms. The summed E-state index contributed by atoms with van der Waals surface area (Å²) in [7, 11) is -3.75. The average molecular weight is 391 g/mol. The van der Waals surface area contributed by atoms with Crippen molar-refractivity contribution in [3.05, 3.63) is 51.1 Å². The zero-order chi connectivity index (χ0) is 15.6. The first kappa shape index (κ1) is 16.2. The second kappa shape index (κ2) is 6.31. The molecule has 0 unspecified atom stereocenters. The number of sulfonamides is 1. The molecule has 0 aliphatic carbocycles. The number of pyridine rings is 1. The van der Waals surface area contributed by atoms with Crippen LogP contribution in [0.4, 0.5) is 5.82 Å². The highest BCUT2D eigenvalue weighted by molar-refractivity contribution is 9.10. The third-order valence-corrected chi connectivity index (χ3v) is 4.95. The van der Waals surface area contributed by atoms with E-state index in [4.69, 9.17) is 17.3 Å². The van der Waals surface area contributed by atoms with E-state index in [2.05, 4.69) is 25.6 Å². The van der Waals surface area contributed by atoms with Crippen LogP contribution in [0.25, 0.3) is 0 Å². The standard InChI is InChI=1S/C13H13BrClN3O2S/c1-8-4-10(14)7-17-13(8)18-21(19,20)11-3-2-9(6-16)12(15)5-11/h2-5,7H,6,16H2,1H3,(H,17,18). The highest BCUT2D eigenvalue weighted by Crippen LogP contribution is 2.24. The molecular formula is C13H13BrClN3O2S. The van der Waals surface area contributed by atoms with Crippen LogP contribution in [0.5, 0.6) is 0 Å². The molecule has 21 heavy (non-hydrogen) atoms. The molecule has 0 atom stereocenters. The van der Waals surface area contributed by atoms with Gasteiger partial charge in [-0.15, -0.1) is 0 Å². The van der Waals surface area contributed by atoms with Gasteiger partial charge in [0.05, 0.1) is 4.90 Å². The van der Waals surface area contributed by atoms with Crippen molar-refractivity contribution in [1.82, 2.24) is 4.98 Å². The molecule has 2 aromatic rings. The van der Waals surface area contributed by atoms with Gasteiger partial charge in [0.15, 0.2) is 0 Å². The van der Waals surface area contributed by atoms with Crippen molar-refractivity contribution in [2.45, 2.75) is 18.4 Å². The predicted octanol–water partition coefficient (Wildman–Crippen LogP) is 3.07. The number of nitrogens with one attached hydrogen (secondary N) is 1. The summed E-state index contributed by atoms with van der Waals surface area (Å²) in [6.07, 6.45) is 1.52. The maximum absolute atomic E-state index is 12.3. The fourth-order valence-corrected chi connectivity index (χ4v) is 3.57. The van der Waals surface area contributed by atoms with Crippen LogP contribution in [0, 0.1) is 6.92 Å². The summed E-state index contributed by atoms with van der Waals surface area (Å²) in [5.41, 5.74) is 6.90. The topological polar surface area (TPSA) is 85.1 Å². The maximum atomic E-state index is 12.3. The molecule has 0 aliphatic rings. The van der Waals surface area contributed by atoms with E-state index in [0.29, 0.717) is 16.1 Å². The Morgan fingerprint density at radius 2 is 2.10 bits per heavy atom. The van der Waals surface area contributed by atoms with Crippen molar-refractivity contribution in [2.24, 2.45) is 5.73 Å². The number of halogens is 2. The number of nitrogens with zero attached hydrogens (tertiary/aromatic N) is 1. The number of aromatic nitrogens is 1. The van der Waals surface area contributed by atoms with E-state index in [9.17, 15) is 8.42 Å². The van der Waals surface area contributed by atoms with Gasteiger partial charge >= 0.3 is 0 Å². The molecule has 3 N–H and O–H groups in total. The highest BCUT2D eigenvalue weighted by Gasteiger charge is 2.17. The van der Waals surface area contributed by atoms with Gasteiger partial charge in [-0.1, -0.05) is 17.7 Å². The molecule has 0 amide bonds. The third kappa shape index (κ3) is 3.74. The predicted molar refractivity (Wildman–Crippen MR) is 86.8 cm³/mol. The smallest absolute Gasteiger partial charge is 0.263 e. The lowest BCUT2D eigenvalue weighted by Crippen LogP contribution is -2.15. The zero-order valence-corrected chi connectivity index (χ0v) is 14.3. The fraction of sp³-hybridized carbons (Fsp3) is 0.154. The van der Waals surface area contributed by atoms with Crippen molar-refractivity contribution in [2.75, 3.05) is 4.72 Å². The van der Waals surface area contributed by atoms with E-state index in [1.807, 2.05) is 0 Å². The average Bonchev–Trinajstić information content (AvgIpc) is 2.42. The fourth-order valence-electron chi connectivity index (χ4n) is 1.69. The number of aryl methyl sites for hydroxylation is 1. The molecule has 0 saturated carbocycles. The Hall–Kier alpha value is -1.15. The van der Waals surface area contributed by atoms with Crippen LogP contribution in [0.1, 0.15) is 11.1 Å². The van der Waals surface area contributed by atoms with Crippen molar-refractivity contribution < 1.29 is 8.42 Å². The third-order valence-electron chi connectivity index (χ3n) is 2.83. The summed E-state index contributed by atoms with van der Waals surface area (Å²) in [6, 6.07) is 6.21. The first-order valence-corrected chi connectivity index (χ1v) is 8.62. The first-order valence-electron chi connectivity index (χ1n) is 5.97. The van der Waals surface area contributed by atoms with Crippen LogP contribution >= 0.6 is 27.5 Å². The Labute approximate surface area is 136 Å². The van der Waals surface area contributed by atoms with Gasteiger partial charge in [0, 0.05) is 22.2 Å². The van der Waals surface area contributed by atoms with Crippen LogP contribution in [-0.2, 0) is 16.6 Å². The van der Waals surface area contributed by atoms with Gasteiger partial charge in [-0.25, -0.2) is 13.4 Å². The van der Waals surface area contributed by atoms with E-state index in [0.717, 1.165) is 4.47 Å². The molecule has 0 fully saturated rings. The van der Waals surface area contributed by atoms with E-state index in [-0.39, 0.29) is 17.3 Å². The van der Waals surface area contributed by atoms with E-state index in [1.54, 1.807) is 19.1 Å². The van der Waals surface area contributed by atoms with Gasteiger partial charge < -0.3 is 5.73 Å². The number of benzene rings is 1. The van der Waals surface area contributed by atoms with Gasteiger partial charge in [0.25, 0.3) is 10.0 Å². The number of nitrogens with two attached hydrogens (primary N) is 1. The van der Waals surface area contributed by atoms with Crippen molar-refractivity contribution in [3.8, 4) is 0 Å². The van der Waals surface area contributed by atoms with Crippen LogP contribution in [-0.4, -0.2) is 13.4 Å². The van der Waals surface area contributed by atoms with E-state index in [1.165, 1.54) is 18.3 Å². The Kier molecular flexibility index (Phi) is 4.88. The number of anilines is 1. The molecule has 2 rings (SSSR count). The summed E-state index contributed by atoms with van der Waals surface area (Å²) in [6.45, 7) is 2.01. The van der Waals surface area contributed by atoms with Crippen molar-refractivity contribution in [3.63, 3.8) is 0 Å². The zero-order valence-electron chi connectivity index (χ0n) is 11.1. The lowest BCUT2D eigenvalue weighted by atomic mass is 10.2. The largest absolute Gasteiger partial charge is 0.326 e. The lowest BCUT2D eigenvalue weighted by Gasteiger charge is -2.11. The summed E-state index contributed by atoms with van der Waals surface area (Å²) in [5.74, 6) is 0.275. The van der Waals surface area contributed by atoms with Gasteiger partial charge in [0.2, 0.25) is 0 Å². The molecule has 5 nitrogen and oxygen atoms in total. The van der Waals surface area contributed by atoms with Gasteiger partial charge in [0.1, 0.15) is 5.82 Å². The molecular weight excluding hydrogens is 378 g/mol. The number of hydrogen-bond acceptors (Lipinski definition) is 4. The van der Waals surface area contributed by atoms with Crippen molar-refractivity contribution >= 4 is 43.4 Å². The second-order valence-electron chi connectivity index (χ2n) is 4.38. The van der Waals surface area contributed by atoms with Crippen LogP contribution in [0.15, 0.2) is 39.8 Å². The molecule has 0 spiro atoms. The minimum Gasteiger partial charge on any atom is -0.326 e. The second-order valence-corrected chi connectivity index (χ2v) is 7.39. The molecule has 0 aliphatic heterocycles. The molecule has 1 heterocycles. The number of rotatable bonds is 4. The Bertz CT molecular complexity index is 781. The Balaban J connectivity index is 2.36. The van der Waals surface area contributed by atoms with Crippen LogP contribution < -0.4 is 10.5 Å². The Morgan fingerprint density at radius 3 is 2.67 bits per heavy atom. The summed E-state index contributed by atoms with van der Waals surface area (Å²) in [5, 5.41) is 0.320. The van der Waals surface area contributed by atoms with Gasteiger partial charge in [-0.05, 0) is 52.2 Å². The quantitative estimate of drug-likeness (QED) is 0.840. The highest BCUT2D eigenvalue weighted by atomic mass is 79.9. The molecule has 1 aromatic carbocycles. The molecule has 0 saturated heterocycles. The van der Waals surface area contributed by atoms with E-state index >= 15 is 0 Å². The maximum Gasteiger partial charge on any atom is 0.263 e. The summed E-state index contributed by atoms with van der Waals surface area (Å²) in [4.78, 5) is 4.12. The minimum atomic E-state index is -3.75. The van der Waals surface area contributed by atoms with Crippen LogP contribution in [0.2, 0.25) is 5.02 Å². The first-order chi connectivity index (χ1) is 9.83. The monoisotopic (exact) mass is 389 g/mol. The molecule has 112 valence electrons. The van der Waals surface area contributed by atoms with Gasteiger partial charge in [-0.2, -0.15) is 0 Å². The molecule has 8 heteroatoms. The normalized spacial score (nSPS) is 11.4.